The molecule has 0 aliphatic carbocycles. The van der Waals surface area contributed by atoms with Crippen LogP contribution in [0.3, 0.4) is 0 Å². The SMILES string of the molecule is Clc1ccc(SCc2cc(Br)cc(Br)c2)cc1. The van der Waals surface area contributed by atoms with E-state index in [0.29, 0.717) is 0 Å². The number of thioether (sulfide) groups is 1. The van der Waals surface area contributed by atoms with Crippen molar-refractivity contribution in [2.75, 3.05) is 0 Å². The van der Waals surface area contributed by atoms with E-state index in [2.05, 4.69) is 44.0 Å². The molecule has 0 bridgehead atoms. The molecule has 0 heterocycles. The van der Waals surface area contributed by atoms with Crippen molar-refractivity contribution in [1.29, 1.82) is 0 Å². The van der Waals surface area contributed by atoms with Gasteiger partial charge in [-0.3, -0.25) is 0 Å². The van der Waals surface area contributed by atoms with Gasteiger partial charge in [-0.05, 0) is 48.0 Å². The van der Waals surface area contributed by atoms with Crippen molar-refractivity contribution in [2.45, 2.75) is 10.6 Å². The normalized spacial score (nSPS) is 10.5. The third-order valence-electron chi connectivity index (χ3n) is 2.14. The summed E-state index contributed by atoms with van der Waals surface area (Å²) in [4.78, 5) is 1.23. The van der Waals surface area contributed by atoms with Gasteiger partial charge in [-0.2, -0.15) is 0 Å². The molecule has 0 aliphatic heterocycles. The second-order valence-corrected chi connectivity index (χ2v) is 6.84. The van der Waals surface area contributed by atoms with Crippen LogP contribution in [0.5, 0.6) is 0 Å². The Kier molecular flexibility index (Phi) is 4.97. The molecular weight excluding hydrogens is 383 g/mol. The summed E-state index contributed by atoms with van der Waals surface area (Å²) in [7, 11) is 0. The van der Waals surface area contributed by atoms with Gasteiger partial charge in [0.05, 0.1) is 0 Å². The van der Waals surface area contributed by atoms with Crippen LogP contribution in [0, 0.1) is 0 Å². The smallest absolute Gasteiger partial charge is 0.0406 e. The van der Waals surface area contributed by atoms with Crippen molar-refractivity contribution in [3.05, 3.63) is 62.0 Å². The maximum absolute atomic E-state index is 5.85. The highest BCUT2D eigenvalue weighted by Gasteiger charge is 2.00. The summed E-state index contributed by atoms with van der Waals surface area (Å²) in [5, 5.41) is 0.777. The van der Waals surface area contributed by atoms with Gasteiger partial charge >= 0.3 is 0 Å². The molecule has 4 heteroatoms. The molecule has 0 unspecified atom stereocenters. The number of hydrogen-bond donors (Lipinski definition) is 0. The van der Waals surface area contributed by atoms with E-state index in [1.807, 2.05) is 30.3 Å². The third-order valence-corrected chi connectivity index (χ3v) is 4.39. The highest BCUT2D eigenvalue weighted by Crippen LogP contribution is 2.27. The van der Waals surface area contributed by atoms with Crippen molar-refractivity contribution in [2.24, 2.45) is 0 Å². The van der Waals surface area contributed by atoms with E-state index in [0.717, 1.165) is 19.7 Å². The molecule has 0 nitrogen and oxygen atoms in total. The Balaban J connectivity index is 2.04. The summed E-state index contributed by atoms with van der Waals surface area (Å²) in [6, 6.07) is 14.2. The van der Waals surface area contributed by atoms with Crippen LogP contribution in [0.4, 0.5) is 0 Å². The minimum absolute atomic E-state index is 0.777. The fourth-order valence-corrected chi connectivity index (χ4v) is 3.73. The van der Waals surface area contributed by atoms with Gasteiger partial charge in [0.25, 0.3) is 0 Å². The first kappa shape index (κ1) is 13.5. The molecule has 2 aromatic rings. The van der Waals surface area contributed by atoms with Crippen LogP contribution in [0.25, 0.3) is 0 Å². The van der Waals surface area contributed by atoms with Crippen LogP contribution >= 0.6 is 55.2 Å². The molecule has 0 saturated carbocycles. The van der Waals surface area contributed by atoms with E-state index in [9.17, 15) is 0 Å². The third kappa shape index (κ3) is 4.32. The molecule has 0 saturated heterocycles. The largest absolute Gasteiger partial charge is 0.121 e. The van der Waals surface area contributed by atoms with Gasteiger partial charge in [0, 0.05) is 24.6 Å². The van der Waals surface area contributed by atoms with Gasteiger partial charge in [0.15, 0.2) is 0 Å². The van der Waals surface area contributed by atoms with Gasteiger partial charge in [0.2, 0.25) is 0 Å². The lowest BCUT2D eigenvalue weighted by molar-refractivity contribution is 1.36. The molecule has 0 atom stereocenters. The first-order valence-corrected chi connectivity index (χ1v) is 7.92. The Labute approximate surface area is 127 Å². The molecular formula is C13H9Br2ClS. The second kappa shape index (κ2) is 6.28. The monoisotopic (exact) mass is 390 g/mol. The number of halogens is 3. The highest BCUT2D eigenvalue weighted by atomic mass is 79.9. The van der Waals surface area contributed by atoms with Crippen molar-refractivity contribution >= 4 is 55.2 Å². The molecule has 88 valence electrons. The zero-order valence-electron chi connectivity index (χ0n) is 8.79. The fourth-order valence-electron chi connectivity index (χ4n) is 1.39. The topological polar surface area (TPSA) is 0 Å². The van der Waals surface area contributed by atoms with Crippen molar-refractivity contribution in [3.8, 4) is 0 Å². The molecule has 0 spiro atoms. The van der Waals surface area contributed by atoms with E-state index >= 15 is 0 Å². The van der Waals surface area contributed by atoms with Gasteiger partial charge < -0.3 is 0 Å². The van der Waals surface area contributed by atoms with Crippen LogP contribution in [-0.4, -0.2) is 0 Å². The Hall–Kier alpha value is 0.0400. The van der Waals surface area contributed by atoms with Crippen LogP contribution < -0.4 is 0 Å². The molecule has 0 aromatic heterocycles. The maximum Gasteiger partial charge on any atom is 0.0406 e. The molecule has 2 rings (SSSR count). The summed E-state index contributed by atoms with van der Waals surface area (Å²) in [5.74, 6) is 0.944. The van der Waals surface area contributed by atoms with Crippen molar-refractivity contribution in [1.82, 2.24) is 0 Å². The Bertz CT molecular complexity index is 491. The van der Waals surface area contributed by atoms with Gasteiger partial charge in [-0.15, -0.1) is 11.8 Å². The highest BCUT2D eigenvalue weighted by molar-refractivity contribution is 9.11. The maximum atomic E-state index is 5.85. The summed E-state index contributed by atoms with van der Waals surface area (Å²) in [5.41, 5.74) is 1.28. The number of hydrogen-bond acceptors (Lipinski definition) is 1. The minimum atomic E-state index is 0.777. The van der Waals surface area contributed by atoms with Crippen LogP contribution in [0.1, 0.15) is 5.56 Å². The quantitative estimate of drug-likeness (QED) is 0.564. The standard InChI is InChI=1S/C13H9Br2ClS/c14-10-5-9(6-11(15)7-10)8-17-13-3-1-12(16)2-4-13/h1-7H,8H2. The zero-order chi connectivity index (χ0) is 12.3. The van der Waals surface area contributed by atoms with Crippen molar-refractivity contribution in [3.63, 3.8) is 0 Å². The molecule has 0 aliphatic rings. The van der Waals surface area contributed by atoms with E-state index in [1.54, 1.807) is 11.8 Å². The Morgan fingerprint density at radius 3 is 2.12 bits per heavy atom. The first-order chi connectivity index (χ1) is 8.13. The lowest BCUT2D eigenvalue weighted by atomic mass is 10.2. The van der Waals surface area contributed by atoms with Crippen LogP contribution in [-0.2, 0) is 5.75 Å². The lowest BCUT2D eigenvalue weighted by Crippen LogP contribution is -1.81. The summed E-state index contributed by atoms with van der Waals surface area (Å²) < 4.78 is 2.19. The fraction of sp³-hybridized carbons (Fsp3) is 0.0769. The van der Waals surface area contributed by atoms with E-state index in [4.69, 9.17) is 11.6 Å². The predicted octanol–water partition coefficient (Wildman–Crippen LogP) is 6.16. The zero-order valence-corrected chi connectivity index (χ0v) is 13.5. The van der Waals surface area contributed by atoms with Crippen molar-refractivity contribution < 1.29 is 0 Å². The first-order valence-electron chi connectivity index (χ1n) is 4.97. The molecule has 17 heavy (non-hydrogen) atoms. The summed E-state index contributed by atoms with van der Waals surface area (Å²) in [6.07, 6.45) is 0. The Morgan fingerprint density at radius 2 is 1.53 bits per heavy atom. The van der Waals surface area contributed by atoms with E-state index in [1.165, 1.54) is 10.5 Å². The van der Waals surface area contributed by atoms with Gasteiger partial charge in [-0.1, -0.05) is 43.5 Å². The molecule has 0 radical (unpaired) electrons. The van der Waals surface area contributed by atoms with E-state index in [-0.39, 0.29) is 0 Å². The molecule has 0 fully saturated rings. The van der Waals surface area contributed by atoms with Crippen LogP contribution in [0.2, 0.25) is 5.02 Å². The number of benzene rings is 2. The van der Waals surface area contributed by atoms with Gasteiger partial charge in [0.1, 0.15) is 0 Å². The molecule has 2 aromatic carbocycles. The molecule has 0 N–H and O–H groups in total. The summed E-state index contributed by atoms with van der Waals surface area (Å²) >= 11 is 14.6. The second-order valence-electron chi connectivity index (χ2n) is 3.52. The minimum Gasteiger partial charge on any atom is -0.121 e. The average molecular weight is 393 g/mol. The predicted molar refractivity (Wildman–Crippen MR) is 82.9 cm³/mol. The van der Waals surface area contributed by atoms with Gasteiger partial charge in [-0.25, -0.2) is 0 Å². The number of rotatable bonds is 3. The lowest BCUT2D eigenvalue weighted by Gasteiger charge is -2.04. The average Bonchev–Trinajstić information content (AvgIpc) is 2.27. The molecule has 0 amide bonds. The van der Waals surface area contributed by atoms with Crippen LogP contribution in [0.15, 0.2) is 56.3 Å². The van der Waals surface area contributed by atoms with E-state index < -0.39 is 0 Å². The summed E-state index contributed by atoms with van der Waals surface area (Å²) in [6.45, 7) is 0. The Morgan fingerprint density at radius 1 is 0.941 bits per heavy atom.